The monoisotopic (exact) mass is 454 g/mol. The molecule has 0 aliphatic carbocycles. The van der Waals surface area contributed by atoms with Crippen molar-refractivity contribution in [1.29, 1.82) is 0 Å². The first-order valence-electron chi connectivity index (χ1n) is 10.7. The van der Waals surface area contributed by atoms with E-state index in [-0.39, 0.29) is 18.6 Å². The third-order valence-electron chi connectivity index (χ3n) is 4.77. The Balaban J connectivity index is 1.79. The molecule has 8 heteroatoms. The van der Waals surface area contributed by atoms with Crippen LogP contribution in [0.3, 0.4) is 0 Å². The number of benzene rings is 2. The molecule has 0 N–H and O–H groups in total. The Morgan fingerprint density at radius 2 is 1.39 bits per heavy atom. The molecule has 3 rings (SSSR count). The molecular weight excluding hydrogens is 428 g/mol. The molecule has 0 bridgehead atoms. The van der Waals surface area contributed by atoms with Gasteiger partial charge < -0.3 is 23.4 Å². The van der Waals surface area contributed by atoms with Crippen molar-refractivity contribution in [3.05, 3.63) is 59.0 Å². The van der Waals surface area contributed by atoms with Crippen molar-refractivity contribution in [2.75, 3.05) is 13.2 Å². The first kappa shape index (κ1) is 23.8. The third kappa shape index (κ3) is 5.71. The lowest BCUT2D eigenvalue weighted by molar-refractivity contribution is -0.151. The van der Waals surface area contributed by atoms with Crippen LogP contribution < -0.4 is 14.9 Å². The second kappa shape index (κ2) is 10.7. The average molecular weight is 454 g/mol. The standard InChI is InChI=1S/C25H26O8/c1-5-29-24(27)15(3)32-18-9-7-17(8-10-18)21-14-31-22-13-19(11-12-20(22)23(21)26)33-16(4)25(28)30-6-2/h7-16H,5-6H2,1-4H3. The third-order valence-corrected chi connectivity index (χ3v) is 4.77. The van der Waals surface area contributed by atoms with Gasteiger partial charge in [0.1, 0.15) is 23.3 Å². The Hall–Kier alpha value is -3.81. The van der Waals surface area contributed by atoms with E-state index in [9.17, 15) is 14.4 Å². The Kier molecular flexibility index (Phi) is 7.71. The van der Waals surface area contributed by atoms with Gasteiger partial charge in [-0.1, -0.05) is 12.1 Å². The molecule has 1 aromatic heterocycles. The number of carbonyl (C=O) groups excluding carboxylic acids is 2. The number of hydrogen-bond acceptors (Lipinski definition) is 8. The zero-order valence-corrected chi connectivity index (χ0v) is 19.0. The van der Waals surface area contributed by atoms with E-state index in [2.05, 4.69) is 0 Å². The van der Waals surface area contributed by atoms with E-state index >= 15 is 0 Å². The fourth-order valence-corrected chi connectivity index (χ4v) is 3.12. The molecule has 0 saturated carbocycles. The zero-order valence-electron chi connectivity index (χ0n) is 19.0. The van der Waals surface area contributed by atoms with Gasteiger partial charge in [-0.15, -0.1) is 0 Å². The lowest BCUT2D eigenvalue weighted by Crippen LogP contribution is -2.26. The summed E-state index contributed by atoms with van der Waals surface area (Å²) in [6.45, 7) is 7.18. The second-order valence-corrected chi connectivity index (χ2v) is 7.19. The van der Waals surface area contributed by atoms with Crippen molar-refractivity contribution >= 4 is 22.9 Å². The van der Waals surface area contributed by atoms with Gasteiger partial charge in [0.05, 0.1) is 24.2 Å². The van der Waals surface area contributed by atoms with Gasteiger partial charge in [0.2, 0.25) is 0 Å². The molecule has 0 amide bonds. The van der Waals surface area contributed by atoms with E-state index in [0.29, 0.717) is 33.6 Å². The van der Waals surface area contributed by atoms with Gasteiger partial charge in [-0.3, -0.25) is 4.79 Å². The second-order valence-electron chi connectivity index (χ2n) is 7.19. The van der Waals surface area contributed by atoms with E-state index in [4.69, 9.17) is 23.4 Å². The van der Waals surface area contributed by atoms with Crippen LogP contribution in [-0.2, 0) is 19.1 Å². The topological polar surface area (TPSA) is 101 Å². The molecule has 1 heterocycles. The summed E-state index contributed by atoms with van der Waals surface area (Å²) >= 11 is 0. The average Bonchev–Trinajstić information content (AvgIpc) is 2.80. The highest BCUT2D eigenvalue weighted by atomic mass is 16.6. The van der Waals surface area contributed by atoms with Crippen LogP contribution in [0.4, 0.5) is 0 Å². The number of carbonyl (C=O) groups is 2. The number of hydrogen-bond donors (Lipinski definition) is 0. The van der Waals surface area contributed by atoms with Crippen LogP contribution in [0.1, 0.15) is 27.7 Å². The van der Waals surface area contributed by atoms with Gasteiger partial charge in [-0.25, -0.2) is 9.59 Å². The van der Waals surface area contributed by atoms with Crippen LogP contribution in [0.25, 0.3) is 22.1 Å². The van der Waals surface area contributed by atoms with Crippen LogP contribution in [0.5, 0.6) is 11.5 Å². The minimum Gasteiger partial charge on any atom is -0.479 e. The number of fused-ring (bicyclic) bond motifs is 1. The first-order chi connectivity index (χ1) is 15.8. The molecule has 0 fully saturated rings. The molecule has 0 aliphatic heterocycles. The molecular formula is C25H26O8. The van der Waals surface area contributed by atoms with E-state index < -0.39 is 24.1 Å². The zero-order chi connectivity index (χ0) is 24.0. The SMILES string of the molecule is CCOC(=O)C(C)Oc1ccc(-c2coc3cc(OC(C)C(=O)OCC)ccc3c2=O)cc1. The highest BCUT2D eigenvalue weighted by Gasteiger charge is 2.18. The summed E-state index contributed by atoms with van der Waals surface area (Å²) in [5.41, 5.74) is 1.13. The predicted octanol–water partition coefficient (Wildman–Crippen LogP) is 4.12. The van der Waals surface area contributed by atoms with Crippen molar-refractivity contribution in [1.82, 2.24) is 0 Å². The molecule has 0 radical (unpaired) electrons. The normalized spacial score (nSPS) is 12.6. The Bertz CT molecular complexity index is 1180. The minimum absolute atomic E-state index is 0.213. The highest BCUT2D eigenvalue weighted by Crippen LogP contribution is 2.25. The smallest absolute Gasteiger partial charge is 0.347 e. The maximum absolute atomic E-state index is 13.0. The molecule has 2 atom stereocenters. The first-order valence-corrected chi connectivity index (χ1v) is 10.7. The number of ether oxygens (including phenoxy) is 4. The Labute approximate surface area is 191 Å². The summed E-state index contributed by atoms with van der Waals surface area (Å²) in [4.78, 5) is 36.5. The lowest BCUT2D eigenvalue weighted by Gasteiger charge is -2.14. The van der Waals surface area contributed by atoms with Crippen molar-refractivity contribution in [3.63, 3.8) is 0 Å². The van der Waals surface area contributed by atoms with E-state index in [1.54, 1.807) is 70.2 Å². The van der Waals surface area contributed by atoms with Gasteiger partial charge in [-0.05, 0) is 57.5 Å². The minimum atomic E-state index is -0.791. The molecule has 3 aromatic rings. The molecule has 2 aromatic carbocycles. The number of rotatable bonds is 9. The van der Waals surface area contributed by atoms with Crippen LogP contribution in [-0.4, -0.2) is 37.4 Å². The maximum atomic E-state index is 13.0. The molecule has 33 heavy (non-hydrogen) atoms. The summed E-state index contributed by atoms with van der Waals surface area (Å²) in [7, 11) is 0. The molecule has 8 nitrogen and oxygen atoms in total. The molecule has 0 spiro atoms. The van der Waals surface area contributed by atoms with E-state index in [1.165, 1.54) is 6.26 Å². The summed E-state index contributed by atoms with van der Waals surface area (Å²) in [5.74, 6) is -0.0617. The quantitative estimate of drug-likeness (QED) is 0.445. The van der Waals surface area contributed by atoms with Crippen LogP contribution >= 0.6 is 0 Å². The van der Waals surface area contributed by atoms with Crippen LogP contribution in [0, 0.1) is 0 Å². The lowest BCUT2D eigenvalue weighted by atomic mass is 10.1. The summed E-state index contributed by atoms with van der Waals surface area (Å²) < 4.78 is 26.7. The molecule has 2 unspecified atom stereocenters. The van der Waals surface area contributed by atoms with Gasteiger partial charge in [0.15, 0.2) is 17.6 Å². The highest BCUT2D eigenvalue weighted by molar-refractivity contribution is 5.83. The fourth-order valence-electron chi connectivity index (χ4n) is 3.12. The van der Waals surface area contributed by atoms with Gasteiger partial charge in [0, 0.05) is 6.07 Å². The van der Waals surface area contributed by atoms with Gasteiger partial charge in [0.25, 0.3) is 0 Å². The van der Waals surface area contributed by atoms with Gasteiger partial charge >= 0.3 is 11.9 Å². The van der Waals surface area contributed by atoms with Crippen molar-refractivity contribution in [2.45, 2.75) is 39.9 Å². The molecule has 174 valence electrons. The largest absolute Gasteiger partial charge is 0.479 e. The summed E-state index contributed by atoms with van der Waals surface area (Å²) in [6, 6.07) is 11.5. The van der Waals surface area contributed by atoms with Crippen molar-refractivity contribution < 1.29 is 33.0 Å². The van der Waals surface area contributed by atoms with E-state index in [0.717, 1.165) is 0 Å². The van der Waals surface area contributed by atoms with Gasteiger partial charge in [-0.2, -0.15) is 0 Å². The fraction of sp³-hybridized carbons (Fsp3) is 0.320. The van der Waals surface area contributed by atoms with Crippen molar-refractivity contribution in [2.24, 2.45) is 0 Å². The Morgan fingerprint density at radius 1 is 0.848 bits per heavy atom. The van der Waals surface area contributed by atoms with Crippen molar-refractivity contribution in [3.8, 4) is 22.6 Å². The predicted molar refractivity (Wildman–Crippen MR) is 121 cm³/mol. The summed E-state index contributed by atoms with van der Waals surface area (Å²) in [6.07, 6.45) is -0.162. The van der Waals surface area contributed by atoms with Crippen LogP contribution in [0.2, 0.25) is 0 Å². The molecule has 0 aliphatic rings. The number of esters is 2. The summed E-state index contributed by atoms with van der Waals surface area (Å²) in [5, 5.41) is 0.375. The molecule has 0 saturated heterocycles. The van der Waals surface area contributed by atoms with E-state index in [1.807, 2.05) is 0 Å². The Morgan fingerprint density at radius 3 is 1.97 bits per heavy atom. The maximum Gasteiger partial charge on any atom is 0.347 e. The van der Waals surface area contributed by atoms with Crippen LogP contribution in [0.15, 0.2) is 57.9 Å².